The number of thiophene rings is 1. The molecule has 11 rings (SSSR count). The van der Waals surface area contributed by atoms with Crippen molar-refractivity contribution in [2.75, 3.05) is 0 Å². The Morgan fingerprint density at radius 3 is 2.08 bits per heavy atom. The first kappa shape index (κ1) is 39.4. The highest BCUT2D eigenvalue weighted by Crippen LogP contribution is 2.45. The molecular weight excluding hydrogens is 735 g/mol. The van der Waals surface area contributed by atoms with Crippen LogP contribution in [0.25, 0.3) is 110 Å². The molecule has 59 heavy (non-hydrogen) atoms. The van der Waals surface area contributed by atoms with Crippen molar-refractivity contribution in [2.45, 2.75) is 54.9 Å². The van der Waals surface area contributed by atoms with E-state index in [0.29, 0.717) is 0 Å². The second-order valence-corrected chi connectivity index (χ2v) is 15.2. The van der Waals surface area contributed by atoms with Crippen LogP contribution in [-0.4, -0.2) is 4.57 Å². The van der Waals surface area contributed by atoms with Gasteiger partial charge in [-0.2, -0.15) is 0 Å². The van der Waals surface area contributed by atoms with Crippen LogP contribution in [-0.2, 0) is 0 Å². The molecule has 0 radical (unpaired) electrons. The summed E-state index contributed by atoms with van der Waals surface area (Å²) in [7, 11) is 0. The quantitative estimate of drug-likeness (QED) is 0.163. The third-order valence-electron chi connectivity index (χ3n) is 11.0. The van der Waals surface area contributed by atoms with E-state index in [9.17, 15) is 0 Å². The minimum absolute atomic E-state index is 0.909. The number of aromatic nitrogens is 1. The third-order valence-corrected chi connectivity index (χ3v) is 12.1. The van der Waals surface area contributed by atoms with Gasteiger partial charge in [0, 0.05) is 58.4 Å². The van der Waals surface area contributed by atoms with Crippen LogP contribution < -0.4 is 10.6 Å². The monoisotopic (exact) mass is 785 g/mol. The lowest BCUT2D eigenvalue weighted by Gasteiger charge is -2.09. The van der Waals surface area contributed by atoms with E-state index in [4.69, 9.17) is 4.42 Å². The summed E-state index contributed by atoms with van der Waals surface area (Å²) < 4.78 is 11.6. The van der Waals surface area contributed by atoms with Gasteiger partial charge in [-0.3, -0.25) is 0 Å². The third kappa shape index (κ3) is 6.80. The van der Waals surface area contributed by atoms with E-state index >= 15 is 0 Å². The standard InChI is InChI=1S/C47H29NOS.C5H10.2C2H6/c1-2-41-34(46-35-17-8-12-30-13-9-18-36(44(30)35)47(46)49-41)16-7-10-28-20-23-39-38(26-28)45-32-14-4-3-11-29(32)21-24-40(45)48(39)31-22-25-43-37(27-31)33-15-5-6-19-42(33)50-43;1-3-5-4-2;2*1-2/h2-27H,1H3;3,5H,4H2,1-2H3;2*1-2H3/b10-7+,34-16+,41-2+;5-3-;;. The van der Waals surface area contributed by atoms with Crippen LogP contribution in [0.5, 0.6) is 0 Å². The van der Waals surface area contributed by atoms with E-state index in [0.717, 1.165) is 28.4 Å². The molecule has 1 aliphatic rings. The van der Waals surface area contributed by atoms with Crippen molar-refractivity contribution in [3.05, 3.63) is 168 Å². The SMILES string of the molecule is C/C=C\CC.C/C=c1/oc2c(/c1=C/C=C/c1ccc3c(c1)c1c4ccccc4ccc1n3-c1ccc3sc4ccccc4c3c1)-c1cccc3cccc-2c13.CC.CC. The fourth-order valence-corrected chi connectivity index (χ4v) is 9.66. The molecule has 3 aromatic heterocycles. The molecule has 0 aliphatic heterocycles. The van der Waals surface area contributed by atoms with Crippen LogP contribution >= 0.6 is 11.3 Å². The van der Waals surface area contributed by atoms with E-state index in [1.54, 1.807) is 0 Å². The zero-order valence-corrected chi connectivity index (χ0v) is 36.0. The van der Waals surface area contributed by atoms with Gasteiger partial charge in [0.2, 0.25) is 0 Å². The average Bonchev–Trinajstić information content (AvgIpc) is 4.04. The lowest BCUT2D eigenvalue weighted by molar-refractivity contribution is 0.546. The molecule has 0 spiro atoms. The molecule has 0 bridgehead atoms. The van der Waals surface area contributed by atoms with Crippen LogP contribution in [0.15, 0.2) is 156 Å². The summed E-state index contributed by atoms with van der Waals surface area (Å²) in [4.78, 5) is 0. The number of hydrogen-bond donors (Lipinski definition) is 0. The van der Waals surface area contributed by atoms with Gasteiger partial charge in [-0.25, -0.2) is 0 Å². The van der Waals surface area contributed by atoms with Crippen molar-refractivity contribution in [3.63, 3.8) is 0 Å². The Morgan fingerprint density at radius 1 is 0.610 bits per heavy atom. The second kappa shape index (κ2) is 17.2. The first-order valence-corrected chi connectivity index (χ1v) is 22.0. The molecule has 3 heteroatoms. The number of furan rings is 1. The molecule has 0 unspecified atom stereocenters. The fourth-order valence-electron chi connectivity index (χ4n) is 8.57. The molecule has 3 heterocycles. The highest BCUT2D eigenvalue weighted by Gasteiger charge is 2.26. The molecule has 0 saturated heterocycles. The van der Waals surface area contributed by atoms with E-state index in [1.807, 2.05) is 52.9 Å². The van der Waals surface area contributed by atoms with Crippen LogP contribution in [0.2, 0.25) is 0 Å². The van der Waals surface area contributed by atoms with Crippen molar-refractivity contribution in [1.82, 2.24) is 4.57 Å². The van der Waals surface area contributed by atoms with E-state index < -0.39 is 0 Å². The largest absolute Gasteiger partial charge is 0.456 e. The van der Waals surface area contributed by atoms with Gasteiger partial charge in [0.1, 0.15) is 11.2 Å². The number of benzene rings is 7. The van der Waals surface area contributed by atoms with Gasteiger partial charge in [0.25, 0.3) is 0 Å². The van der Waals surface area contributed by atoms with E-state index in [1.165, 1.54) is 85.9 Å². The fraction of sp³-hybridized carbons (Fsp3) is 0.143. The van der Waals surface area contributed by atoms with Gasteiger partial charge >= 0.3 is 0 Å². The van der Waals surface area contributed by atoms with Crippen LogP contribution in [0, 0.1) is 0 Å². The normalized spacial score (nSPS) is 12.5. The minimum Gasteiger partial charge on any atom is -0.456 e. The maximum atomic E-state index is 6.50. The topological polar surface area (TPSA) is 18.1 Å². The molecule has 1 aliphatic carbocycles. The Balaban J connectivity index is 0.000000497. The number of allylic oxidation sites excluding steroid dienone is 3. The Kier molecular flexibility index (Phi) is 11.5. The Hall–Kier alpha value is -6.42. The lowest BCUT2D eigenvalue weighted by Crippen LogP contribution is -2.20. The number of hydrogen-bond acceptors (Lipinski definition) is 2. The summed E-state index contributed by atoms with van der Waals surface area (Å²) >= 11 is 1.86. The number of fused-ring (bicyclic) bond motifs is 11. The van der Waals surface area contributed by atoms with Crippen LogP contribution in [0.1, 0.15) is 60.5 Å². The Morgan fingerprint density at radius 2 is 1.32 bits per heavy atom. The zero-order chi connectivity index (χ0) is 41.0. The molecule has 0 amide bonds. The number of nitrogens with zero attached hydrogens (tertiary/aromatic N) is 1. The summed E-state index contributed by atoms with van der Waals surface area (Å²) in [6.45, 7) is 14.2. The van der Waals surface area contributed by atoms with Gasteiger partial charge in [-0.15, -0.1) is 11.3 Å². The van der Waals surface area contributed by atoms with Gasteiger partial charge in [0.15, 0.2) is 0 Å². The molecule has 0 saturated carbocycles. The highest BCUT2D eigenvalue weighted by atomic mass is 32.1. The van der Waals surface area contributed by atoms with Crippen LogP contribution in [0.3, 0.4) is 0 Å². The number of rotatable bonds is 4. The van der Waals surface area contributed by atoms with Crippen LogP contribution in [0.4, 0.5) is 0 Å². The van der Waals surface area contributed by atoms with E-state index in [2.05, 4.69) is 181 Å². The maximum Gasteiger partial charge on any atom is 0.143 e. The lowest BCUT2D eigenvalue weighted by atomic mass is 10.0. The predicted molar refractivity (Wildman–Crippen MR) is 263 cm³/mol. The second-order valence-electron chi connectivity index (χ2n) is 14.2. The molecule has 10 aromatic rings. The minimum atomic E-state index is 0.909. The smallest absolute Gasteiger partial charge is 0.143 e. The molecule has 0 N–H and O–H groups in total. The maximum absolute atomic E-state index is 6.50. The van der Waals surface area contributed by atoms with Crippen molar-refractivity contribution >= 4 is 93.1 Å². The van der Waals surface area contributed by atoms with E-state index in [-0.39, 0.29) is 0 Å². The van der Waals surface area contributed by atoms with Gasteiger partial charge in [-0.05, 0) is 96.1 Å². The molecule has 0 fully saturated rings. The van der Waals surface area contributed by atoms with Gasteiger partial charge in [-0.1, -0.05) is 156 Å². The highest BCUT2D eigenvalue weighted by molar-refractivity contribution is 7.25. The van der Waals surface area contributed by atoms with Crippen molar-refractivity contribution in [3.8, 4) is 28.1 Å². The summed E-state index contributed by atoms with van der Waals surface area (Å²) in [6, 6.07) is 48.9. The Labute approximate surface area is 351 Å². The molecular formula is C56H51NOS. The van der Waals surface area contributed by atoms with Crippen molar-refractivity contribution in [1.29, 1.82) is 0 Å². The van der Waals surface area contributed by atoms with Gasteiger partial charge < -0.3 is 8.98 Å². The predicted octanol–water partition coefficient (Wildman–Crippen LogP) is 16.0. The van der Waals surface area contributed by atoms with Gasteiger partial charge in [0.05, 0.1) is 11.0 Å². The average molecular weight is 786 g/mol. The zero-order valence-electron chi connectivity index (χ0n) is 35.1. The first-order chi connectivity index (χ1) is 29.2. The van der Waals surface area contributed by atoms with Crippen molar-refractivity contribution < 1.29 is 4.42 Å². The molecule has 0 atom stereocenters. The molecule has 292 valence electrons. The summed E-state index contributed by atoms with van der Waals surface area (Å²) in [5.41, 5.74) is 9.29. The van der Waals surface area contributed by atoms with Crippen molar-refractivity contribution in [2.24, 2.45) is 0 Å². The summed E-state index contributed by atoms with van der Waals surface area (Å²) in [5, 5.41) is 11.3. The molecule has 2 nitrogen and oxygen atoms in total. The first-order valence-electron chi connectivity index (χ1n) is 21.2. The Bertz CT molecular complexity index is 3320. The molecule has 7 aromatic carbocycles. The summed E-state index contributed by atoms with van der Waals surface area (Å²) in [6.07, 6.45) is 14.0. The summed E-state index contributed by atoms with van der Waals surface area (Å²) in [5.74, 6) is 0.972.